The first kappa shape index (κ1) is 16.2. The minimum Gasteiger partial charge on any atom is -0.493 e. The van der Waals surface area contributed by atoms with Crippen molar-refractivity contribution in [2.24, 2.45) is 0 Å². The maximum Gasteiger partial charge on any atom is 0.123 e. The van der Waals surface area contributed by atoms with E-state index in [0.717, 1.165) is 35.0 Å². The summed E-state index contributed by atoms with van der Waals surface area (Å²) < 4.78 is 6.96. The van der Waals surface area contributed by atoms with Crippen molar-refractivity contribution in [1.82, 2.24) is 5.32 Å². The van der Waals surface area contributed by atoms with E-state index in [1.807, 2.05) is 11.8 Å². The molecule has 1 fully saturated rings. The fourth-order valence-electron chi connectivity index (χ4n) is 2.72. The molecule has 0 radical (unpaired) electrons. The number of hydrogen-bond acceptors (Lipinski definition) is 3. The van der Waals surface area contributed by atoms with Gasteiger partial charge in [0, 0.05) is 27.9 Å². The minimum absolute atomic E-state index is 0.642. The van der Waals surface area contributed by atoms with E-state index in [2.05, 4.69) is 52.6 Å². The van der Waals surface area contributed by atoms with E-state index >= 15 is 0 Å². The van der Waals surface area contributed by atoms with Gasteiger partial charge in [0.05, 0.1) is 6.61 Å². The van der Waals surface area contributed by atoms with Gasteiger partial charge in [-0.05, 0) is 43.7 Å². The van der Waals surface area contributed by atoms with Crippen LogP contribution in [0.5, 0.6) is 5.75 Å². The van der Waals surface area contributed by atoms with Crippen LogP contribution in [0.2, 0.25) is 0 Å². The molecule has 1 saturated carbocycles. The van der Waals surface area contributed by atoms with E-state index in [1.165, 1.54) is 24.8 Å². The van der Waals surface area contributed by atoms with Gasteiger partial charge in [-0.3, -0.25) is 0 Å². The Morgan fingerprint density at radius 2 is 2.25 bits per heavy atom. The van der Waals surface area contributed by atoms with Crippen molar-refractivity contribution >= 4 is 27.7 Å². The molecule has 0 spiro atoms. The van der Waals surface area contributed by atoms with Gasteiger partial charge in [0.15, 0.2) is 0 Å². The van der Waals surface area contributed by atoms with Crippen molar-refractivity contribution in [2.45, 2.75) is 50.4 Å². The van der Waals surface area contributed by atoms with Gasteiger partial charge < -0.3 is 10.1 Å². The average molecular weight is 358 g/mol. The molecule has 1 aliphatic carbocycles. The number of ether oxygens (including phenoxy) is 1. The zero-order valence-corrected chi connectivity index (χ0v) is 14.7. The highest BCUT2D eigenvalue weighted by Gasteiger charge is 2.25. The molecule has 1 aliphatic rings. The summed E-state index contributed by atoms with van der Waals surface area (Å²) in [6.07, 6.45) is 7.25. The quantitative estimate of drug-likeness (QED) is 0.769. The standard InChI is InChI=1S/C16H24BrNOS/c1-3-9-19-15-8-7-13(17)10-12(15)11-18-14-5-4-6-16(14)20-2/h7-8,10,14,16,18H,3-6,9,11H2,1-2H3. The second-order valence-corrected chi connectivity index (χ2v) is 7.29. The minimum atomic E-state index is 0.642. The predicted molar refractivity (Wildman–Crippen MR) is 91.7 cm³/mol. The van der Waals surface area contributed by atoms with Crippen LogP contribution in [0.25, 0.3) is 0 Å². The fourth-order valence-corrected chi connectivity index (χ4v) is 4.09. The molecule has 2 unspecified atom stereocenters. The zero-order valence-electron chi connectivity index (χ0n) is 12.3. The second-order valence-electron chi connectivity index (χ2n) is 5.29. The van der Waals surface area contributed by atoms with Crippen LogP contribution in [-0.4, -0.2) is 24.2 Å². The first-order chi connectivity index (χ1) is 9.74. The molecule has 0 bridgehead atoms. The average Bonchev–Trinajstić information content (AvgIpc) is 2.91. The Morgan fingerprint density at radius 1 is 1.40 bits per heavy atom. The SMILES string of the molecule is CCCOc1ccc(Br)cc1CNC1CCCC1SC. The van der Waals surface area contributed by atoms with Crippen LogP contribution in [0.3, 0.4) is 0 Å². The summed E-state index contributed by atoms with van der Waals surface area (Å²) in [7, 11) is 0. The monoisotopic (exact) mass is 357 g/mol. The molecule has 4 heteroatoms. The maximum absolute atomic E-state index is 5.84. The molecule has 0 saturated heterocycles. The molecule has 2 rings (SSSR count). The van der Waals surface area contributed by atoms with Crippen molar-refractivity contribution in [3.05, 3.63) is 28.2 Å². The molecule has 1 aromatic rings. The largest absolute Gasteiger partial charge is 0.493 e. The Hall–Kier alpha value is -0.190. The summed E-state index contributed by atoms with van der Waals surface area (Å²) in [5.41, 5.74) is 1.25. The van der Waals surface area contributed by atoms with E-state index in [9.17, 15) is 0 Å². The van der Waals surface area contributed by atoms with Gasteiger partial charge in [0.1, 0.15) is 5.75 Å². The molecular formula is C16H24BrNOS. The smallest absolute Gasteiger partial charge is 0.123 e. The molecule has 0 aliphatic heterocycles. The van der Waals surface area contributed by atoms with Crippen molar-refractivity contribution in [3.8, 4) is 5.75 Å². The third-order valence-corrected chi connectivity index (χ3v) is 5.46. The molecule has 0 aromatic heterocycles. The Balaban J connectivity index is 1.98. The van der Waals surface area contributed by atoms with Crippen molar-refractivity contribution in [3.63, 3.8) is 0 Å². The molecule has 0 amide bonds. The fraction of sp³-hybridized carbons (Fsp3) is 0.625. The number of nitrogens with one attached hydrogen (secondary N) is 1. The number of rotatable bonds is 7. The van der Waals surface area contributed by atoms with Crippen LogP contribution >= 0.6 is 27.7 Å². The van der Waals surface area contributed by atoms with Gasteiger partial charge in [0.2, 0.25) is 0 Å². The van der Waals surface area contributed by atoms with Gasteiger partial charge in [-0.25, -0.2) is 0 Å². The number of thioether (sulfide) groups is 1. The lowest BCUT2D eigenvalue weighted by molar-refractivity contribution is 0.312. The Bertz CT molecular complexity index is 427. The molecule has 2 nitrogen and oxygen atoms in total. The third-order valence-electron chi connectivity index (χ3n) is 3.79. The number of benzene rings is 1. The molecular weight excluding hydrogens is 334 g/mol. The molecule has 0 heterocycles. The van der Waals surface area contributed by atoms with Crippen LogP contribution in [-0.2, 0) is 6.54 Å². The molecule has 1 N–H and O–H groups in total. The van der Waals surface area contributed by atoms with Crippen LogP contribution in [0.15, 0.2) is 22.7 Å². The first-order valence-corrected chi connectivity index (χ1v) is 9.50. The summed E-state index contributed by atoms with van der Waals surface area (Å²) in [6.45, 7) is 3.81. The van der Waals surface area contributed by atoms with Gasteiger partial charge >= 0.3 is 0 Å². The topological polar surface area (TPSA) is 21.3 Å². The van der Waals surface area contributed by atoms with E-state index in [4.69, 9.17) is 4.74 Å². The second kappa shape index (κ2) is 8.30. The predicted octanol–water partition coefficient (Wildman–Crippen LogP) is 4.61. The summed E-state index contributed by atoms with van der Waals surface area (Å²) in [5.74, 6) is 1.02. The van der Waals surface area contributed by atoms with Crippen molar-refractivity contribution in [2.75, 3.05) is 12.9 Å². The van der Waals surface area contributed by atoms with E-state index in [1.54, 1.807) is 0 Å². The molecule has 112 valence electrons. The van der Waals surface area contributed by atoms with Crippen molar-refractivity contribution < 1.29 is 4.74 Å². The van der Waals surface area contributed by atoms with Gasteiger partial charge in [0.25, 0.3) is 0 Å². The summed E-state index contributed by atoms with van der Waals surface area (Å²) >= 11 is 5.55. The highest BCUT2D eigenvalue weighted by Crippen LogP contribution is 2.29. The number of hydrogen-bond donors (Lipinski definition) is 1. The van der Waals surface area contributed by atoms with Crippen LogP contribution < -0.4 is 10.1 Å². The summed E-state index contributed by atoms with van der Waals surface area (Å²) in [5, 5.41) is 4.49. The Labute approximate surface area is 135 Å². The lowest BCUT2D eigenvalue weighted by Gasteiger charge is -2.20. The van der Waals surface area contributed by atoms with E-state index in [-0.39, 0.29) is 0 Å². The maximum atomic E-state index is 5.84. The zero-order chi connectivity index (χ0) is 14.4. The van der Waals surface area contributed by atoms with Gasteiger partial charge in [-0.1, -0.05) is 29.3 Å². The van der Waals surface area contributed by atoms with Crippen LogP contribution in [0, 0.1) is 0 Å². The highest BCUT2D eigenvalue weighted by molar-refractivity contribution is 9.10. The molecule has 1 aromatic carbocycles. The van der Waals surface area contributed by atoms with E-state index < -0.39 is 0 Å². The Kier molecular flexibility index (Phi) is 6.72. The molecule has 2 atom stereocenters. The van der Waals surface area contributed by atoms with E-state index in [0.29, 0.717) is 6.04 Å². The highest BCUT2D eigenvalue weighted by atomic mass is 79.9. The first-order valence-electron chi connectivity index (χ1n) is 7.42. The van der Waals surface area contributed by atoms with Crippen LogP contribution in [0.1, 0.15) is 38.2 Å². The Morgan fingerprint density at radius 3 is 3.00 bits per heavy atom. The third kappa shape index (κ3) is 4.40. The van der Waals surface area contributed by atoms with Crippen molar-refractivity contribution in [1.29, 1.82) is 0 Å². The molecule has 20 heavy (non-hydrogen) atoms. The van der Waals surface area contributed by atoms with Gasteiger partial charge in [-0.2, -0.15) is 11.8 Å². The lowest BCUT2D eigenvalue weighted by atomic mass is 10.1. The number of halogens is 1. The normalized spacial score (nSPS) is 22.1. The van der Waals surface area contributed by atoms with Gasteiger partial charge in [-0.15, -0.1) is 0 Å². The summed E-state index contributed by atoms with van der Waals surface area (Å²) in [4.78, 5) is 0. The van der Waals surface area contributed by atoms with Crippen LogP contribution in [0.4, 0.5) is 0 Å². The lowest BCUT2D eigenvalue weighted by Crippen LogP contribution is -2.33. The summed E-state index contributed by atoms with van der Waals surface area (Å²) in [6, 6.07) is 6.93.